The van der Waals surface area contributed by atoms with Crippen molar-refractivity contribution < 1.29 is 0 Å². The molecule has 1 aromatic carbocycles. The first-order chi connectivity index (χ1) is 5.29. The number of fused-ring (bicyclic) bond motifs is 1. The third-order valence-electron chi connectivity index (χ3n) is 1.47. The van der Waals surface area contributed by atoms with Gasteiger partial charge in [0, 0.05) is 0 Å². The van der Waals surface area contributed by atoms with Crippen LogP contribution in [0.5, 0.6) is 0 Å². The van der Waals surface area contributed by atoms with Gasteiger partial charge in [0.15, 0.2) is 4.73 Å². The van der Waals surface area contributed by atoms with E-state index in [1.54, 1.807) is 0 Å². The van der Waals surface area contributed by atoms with E-state index < -0.39 is 0 Å². The van der Waals surface area contributed by atoms with E-state index in [4.69, 9.17) is 0 Å². The van der Waals surface area contributed by atoms with Crippen LogP contribution in [0.3, 0.4) is 0 Å². The van der Waals surface area contributed by atoms with Crippen LogP contribution in [0.25, 0.3) is 11.0 Å². The van der Waals surface area contributed by atoms with Crippen molar-refractivity contribution in [3.05, 3.63) is 29.0 Å². The van der Waals surface area contributed by atoms with Gasteiger partial charge in [-0.15, -0.1) is 0 Å². The summed E-state index contributed by atoms with van der Waals surface area (Å²) in [5, 5.41) is 0. The van der Waals surface area contributed by atoms with E-state index in [9.17, 15) is 0 Å². The van der Waals surface area contributed by atoms with E-state index in [0.29, 0.717) is 0 Å². The summed E-state index contributed by atoms with van der Waals surface area (Å²) in [6, 6.07) is 8.03. The van der Waals surface area contributed by atoms with Gasteiger partial charge in [0.25, 0.3) is 0 Å². The molecule has 0 saturated heterocycles. The second-order valence-electron chi connectivity index (χ2n) is 2.15. The Kier molecular flexibility index (Phi) is 1.88. The fourth-order valence-corrected chi connectivity index (χ4v) is 1.87. The van der Waals surface area contributed by atoms with Crippen molar-refractivity contribution >= 4 is 49.8 Å². The van der Waals surface area contributed by atoms with Gasteiger partial charge in [-0.05, 0) is 28.1 Å². The summed E-state index contributed by atoms with van der Waals surface area (Å²) in [5.41, 5.74) is 2.16. The molecule has 0 fully saturated rings. The summed E-state index contributed by atoms with van der Waals surface area (Å²) in [6.07, 6.45) is 0. The van der Waals surface area contributed by atoms with Crippen LogP contribution < -0.4 is 0 Å². The molecule has 0 amide bonds. The Morgan fingerprint density at radius 1 is 1.36 bits per heavy atom. The van der Waals surface area contributed by atoms with Gasteiger partial charge in [0.1, 0.15) is 0 Å². The molecule has 0 atom stereocenters. The number of halogens is 2. The molecule has 0 spiro atoms. The Morgan fingerprint density at radius 2 is 2.09 bits per heavy atom. The predicted molar refractivity (Wildman–Crippen MR) is 56.9 cm³/mol. The van der Waals surface area contributed by atoms with Gasteiger partial charge < -0.3 is 0 Å². The molecule has 2 rings (SSSR count). The minimum absolute atomic E-state index is 0.860. The fraction of sp³-hybridized carbons (Fsp3) is 0. The maximum absolute atomic E-state index is 4.28. The van der Waals surface area contributed by atoms with Gasteiger partial charge in [-0.25, -0.2) is 4.98 Å². The van der Waals surface area contributed by atoms with Crippen molar-refractivity contribution in [1.29, 1.82) is 0 Å². The lowest BCUT2D eigenvalue weighted by Gasteiger charge is -1.89. The Bertz CT molecular complexity index is 396. The number of para-hydroxylation sites is 2. The first kappa shape index (κ1) is 7.54. The van der Waals surface area contributed by atoms with Gasteiger partial charge in [0.05, 0.1) is 33.9 Å². The smallest absolute Gasteiger partial charge is 0.187 e. The second kappa shape index (κ2) is 2.75. The Morgan fingerprint density at radius 3 is 2.82 bits per heavy atom. The van der Waals surface area contributed by atoms with Gasteiger partial charge in [-0.2, -0.15) is 0 Å². The normalized spacial score (nSPS) is 10.7. The molecule has 0 unspecified atom stereocenters. The van der Waals surface area contributed by atoms with Gasteiger partial charge in [-0.3, -0.25) is 2.78 Å². The van der Waals surface area contributed by atoms with Crippen LogP contribution in [0.1, 0.15) is 0 Å². The van der Waals surface area contributed by atoms with Crippen LogP contribution in [0.15, 0.2) is 29.0 Å². The lowest BCUT2D eigenvalue weighted by molar-refractivity contribution is 1.24. The number of aromatic nitrogens is 2. The van der Waals surface area contributed by atoms with E-state index >= 15 is 0 Å². The molecular weight excluding hydrogens is 319 g/mol. The average molecular weight is 323 g/mol. The highest BCUT2D eigenvalue weighted by Crippen LogP contribution is 2.21. The molecule has 56 valence electrons. The zero-order valence-electron chi connectivity index (χ0n) is 5.46. The van der Waals surface area contributed by atoms with Gasteiger partial charge in [0.2, 0.25) is 0 Å². The fourth-order valence-electron chi connectivity index (χ4n) is 0.967. The van der Waals surface area contributed by atoms with Crippen molar-refractivity contribution in [3.8, 4) is 0 Å². The van der Waals surface area contributed by atoms with Crippen LogP contribution in [-0.4, -0.2) is 7.76 Å². The van der Waals surface area contributed by atoms with E-state index in [2.05, 4.69) is 43.8 Å². The first-order valence-corrected chi connectivity index (χ1v) is 4.84. The highest BCUT2D eigenvalue weighted by molar-refractivity contribution is 14.1. The quantitative estimate of drug-likeness (QED) is 0.682. The molecule has 1 aromatic heterocycles. The Balaban J connectivity index is 2.92. The number of rotatable bonds is 0. The topological polar surface area (TPSA) is 17.8 Å². The lowest BCUT2D eigenvalue weighted by Crippen LogP contribution is -1.75. The van der Waals surface area contributed by atoms with E-state index in [1.807, 2.05) is 27.0 Å². The summed E-state index contributed by atoms with van der Waals surface area (Å²) in [6.45, 7) is 0. The maximum atomic E-state index is 4.28. The molecule has 11 heavy (non-hydrogen) atoms. The summed E-state index contributed by atoms with van der Waals surface area (Å²) in [5.74, 6) is 0. The third-order valence-corrected chi connectivity index (χ3v) is 3.64. The summed E-state index contributed by atoms with van der Waals surface area (Å²) in [4.78, 5) is 4.28. The average Bonchev–Trinajstić information content (AvgIpc) is 2.30. The van der Waals surface area contributed by atoms with E-state index in [0.717, 1.165) is 15.8 Å². The summed E-state index contributed by atoms with van der Waals surface area (Å²) < 4.78 is 2.84. The maximum Gasteiger partial charge on any atom is 0.187 e. The Labute approximate surface area is 86.2 Å². The van der Waals surface area contributed by atoms with Crippen molar-refractivity contribution in [2.45, 2.75) is 0 Å². The van der Waals surface area contributed by atoms with Crippen LogP contribution in [-0.2, 0) is 0 Å². The van der Waals surface area contributed by atoms with Gasteiger partial charge >= 0.3 is 0 Å². The Hall–Kier alpha value is -0.100. The molecule has 4 heteroatoms. The molecule has 2 nitrogen and oxygen atoms in total. The zero-order chi connectivity index (χ0) is 7.84. The lowest BCUT2D eigenvalue weighted by atomic mass is 10.3. The molecule has 0 N–H and O–H groups in total. The number of nitrogens with zero attached hydrogens (tertiary/aromatic N) is 2. The van der Waals surface area contributed by atoms with Crippen molar-refractivity contribution in [1.82, 2.24) is 7.76 Å². The van der Waals surface area contributed by atoms with Crippen LogP contribution in [0.4, 0.5) is 0 Å². The van der Waals surface area contributed by atoms with E-state index in [-0.39, 0.29) is 0 Å². The largest absolute Gasteiger partial charge is 0.259 e. The summed E-state index contributed by atoms with van der Waals surface area (Å²) >= 11 is 5.56. The molecule has 0 bridgehead atoms. The van der Waals surface area contributed by atoms with Crippen LogP contribution in [0, 0.1) is 0 Å². The molecule has 0 saturated carbocycles. The molecule has 2 aromatic rings. The molecule has 0 aliphatic heterocycles. The molecule has 0 aliphatic rings. The first-order valence-electron chi connectivity index (χ1n) is 3.08. The van der Waals surface area contributed by atoms with Crippen molar-refractivity contribution in [2.24, 2.45) is 0 Å². The highest BCUT2D eigenvalue weighted by atomic mass is 127. The van der Waals surface area contributed by atoms with Gasteiger partial charge in [-0.1, -0.05) is 12.1 Å². The number of imidazole rings is 1. The number of hydrogen-bond acceptors (Lipinski definition) is 1. The van der Waals surface area contributed by atoms with Crippen LogP contribution in [0.2, 0.25) is 0 Å². The third kappa shape index (κ3) is 1.18. The molecular formula is C7H4BrIN2. The molecule has 1 heterocycles. The zero-order valence-corrected chi connectivity index (χ0v) is 9.20. The van der Waals surface area contributed by atoms with E-state index in [1.165, 1.54) is 0 Å². The SMILES string of the molecule is Brc1nc2ccccc2n1I. The highest BCUT2D eigenvalue weighted by Gasteiger charge is 2.03. The summed E-state index contributed by atoms with van der Waals surface area (Å²) in [7, 11) is 0. The molecule has 0 radical (unpaired) electrons. The molecule has 0 aliphatic carbocycles. The number of hydrogen-bond donors (Lipinski definition) is 0. The minimum atomic E-state index is 0.860. The second-order valence-corrected chi connectivity index (χ2v) is 3.82. The van der Waals surface area contributed by atoms with Crippen LogP contribution >= 0.6 is 38.8 Å². The van der Waals surface area contributed by atoms with Crippen molar-refractivity contribution in [2.75, 3.05) is 0 Å². The standard InChI is InChI=1S/C7H4BrIN2/c8-7-10-5-3-1-2-4-6(5)11(7)9/h1-4H. The number of benzene rings is 1. The minimum Gasteiger partial charge on any atom is -0.259 e. The van der Waals surface area contributed by atoms with Crippen molar-refractivity contribution in [3.63, 3.8) is 0 Å². The monoisotopic (exact) mass is 322 g/mol. The predicted octanol–water partition coefficient (Wildman–Crippen LogP) is 3.00.